The largest absolute Gasteiger partial charge is 0.435 e. The van der Waals surface area contributed by atoms with E-state index in [1.54, 1.807) is 0 Å². The molecule has 1 heterocycles. The Labute approximate surface area is 161 Å². The first-order chi connectivity index (χ1) is 13.4. The number of rotatable bonds is 3. The molecule has 0 aliphatic carbocycles. The number of terminal acetylenes is 1. The average Bonchev–Trinajstić information content (AvgIpc) is 3.06. The highest BCUT2D eigenvalue weighted by atomic mass is 32.2. The van der Waals surface area contributed by atoms with Gasteiger partial charge in [0, 0.05) is 11.6 Å². The zero-order valence-electron chi connectivity index (χ0n) is 14.2. The minimum Gasteiger partial charge on any atom is -0.232 e. The molecule has 150 valence electrons. The van der Waals surface area contributed by atoms with Crippen molar-refractivity contribution in [3.8, 4) is 29.3 Å². The third-order valence-electron chi connectivity index (χ3n) is 3.89. The van der Waals surface area contributed by atoms with Crippen molar-refractivity contribution in [3.05, 3.63) is 65.4 Å². The van der Waals surface area contributed by atoms with Crippen molar-refractivity contribution in [2.24, 2.45) is 5.14 Å². The van der Waals surface area contributed by atoms with Crippen molar-refractivity contribution >= 4 is 10.0 Å². The minimum absolute atomic E-state index is 0.0135. The fraction of sp³-hybridized carbons (Fsp3) is 0.0556. The molecule has 0 saturated heterocycles. The predicted molar refractivity (Wildman–Crippen MR) is 93.2 cm³/mol. The van der Waals surface area contributed by atoms with Crippen LogP contribution in [0.15, 0.2) is 47.4 Å². The number of primary sulfonamides is 1. The highest BCUT2D eigenvalue weighted by molar-refractivity contribution is 7.89. The summed E-state index contributed by atoms with van der Waals surface area (Å²) in [5.74, 6) is -0.0470. The van der Waals surface area contributed by atoms with Crippen molar-refractivity contribution in [1.29, 1.82) is 0 Å². The maximum atomic E-state index is 14.2. The molecule has 0 atom stereocenters. The first-order valence-electron chi connectivity index (χ1n) is 7.68. The van der Waals surface area contributed by atoms with Gasteiger partial charge in [-0.3, -0.25) is 0 Å². The van der Waals surface area contributed by atoms with Crippen LogP contribution in [0, 0.1) is 24.0 Å². The van der Waals surface area contributed by atoms with Crippen LogP contribution in [0.25, 0.3) is 16.9 Å². The van der Waals surface area contributed by atoms with Crippen LogP contribution in [0.1, 0.15) is 11.3 Å². The first kappa shape index (κ1) is 20.5. The number of benzene rings is 2. The molecule has 1 aromatic heterocycles. The fourth-order valence-corrected chi connectivity index (χ4v) is 3.15. The van der Waals surface area contributed by atoms with E-state index >= 15 is 0 Å². The van der Waals surface area contributed by atoms with Crippen molar-refractivity contribution in [2.45, 2.75) is 11.1 Å². The standard InChI is InChI=1S/C18H10F5N3O2S/c1-2-10-3-4-11(7-13(10)19)15-9-17(18(21,22)23)25-26(15)12-5-6-16(14(20)8-12)29(24,27)28/h1,3-9H,(H2,24,27,28). The highest BCUT2D eigenvalue weighted by Crippen LogP contribution is 2.34. The molecular formula is C18H10F5N3O2S. The Morgan fingerprint density at radius 2 is 1.72 bits per heavy atom. The van der Waals surface area contributed by atoms with Gasteiger partial charge in [0.1, 0.15) is 16.5 Å². The van der Waals surface area contributed by atoms with E-state index in [9.17, 15) is 30.4 Å². The minimum atomic E-state index is -4.84. The molecule has 0 bridgehead atoms. The Balaban J connectivity index is 2.24. The number of alkyl halides is 3. The van der Waals surface area contributed by atoms with Gasteiger partial charge in [-0.25, -0.2) is 27.0 Å². The highest BCUT2D eigenvalue weighted by Gasteiger charge is 2.35. The van der Waals surface area contributed by atoms with E-state index < -0.39 is 38.4 Å². The van der Waals surface area contributed by atoms with E-state index in [-0.39, 0.29) is 22.5 Å². The molecule has 3 aromatic rings. The van der Waals surface area contributed by atoms with Crippen LogP contribution in [-0.4, -0.2) is 18.2 Å². The number of hydrogen-bond donors (Lipinski definition) is 1. The number of nitrogens with two attached hydrogens (primary N) is 1. The summed E-state index contributed by atoms with van der Waals surface area (Å²) in [6.07, 6.45) is 0.293. The van der Waals surface area contributed by atoms with Gasteiger partial charge in [0.2, 0.25) is 10.0 Å². The maximum absolute atomic E-state index is 14.2. The Morgan fingerprint density at radius 1 is 1.03 bits per heavy atom. The molecule has 0 fully saturated rings. The van der Waals surface area contributed by atoms with Crippen molar-refractivity contribution in [1.82, 2.24) is 9.78 Å². The van der Waals surface area contributed by atoms with Gasteiger partial charge in [-0.05, 0) is 30.3 Å². The van der Waals surface area contributed by atoms with Crippen LogP contribution in [0.5, 0.6) is 0 Å². The van der Waals surface area contributed by atoms with Gasteiger partial charge in [0.15, 0.2) is 5.69 Å². The van der Waals surface area contributed by atoms with E-state index in [2.05, 4.69) is 11.0 Å². The van der Waals surface area contributed by atoms with Crippen LogP contribution in [0.4, 0.5) is 22.0 Å². The third-order valence-corrected chi connectivity index (χ3v) is 4.83. The molecule has 0 aliphatic heterocycles. The Bertz CT molecular complexity index is 1260. The van der Waals surface area contributed by atoms with Crippen molar-refractivity contribution in [3.63, 3.8) is 0 Å². The van der Waals surface area contributed by atoms with Gasteiger partial charge in [0.25, 0.3) is 0 Å². The smallest absolute Gasteiger partial charge is 0.232 e. The van der Waals surface area contributed by atoms with Gasteiger partial charge in [-0.2, -0.15) is 18.3 Å². The van der Waals surface area contributed by atoms with Crippen molar-refractivity contribution < 1.29 is 30.4 Å². The summed E-state index contributed by atoms with van der Waals surface area (Å²) in [7, 11) is -4.38. The number of halogens is 5. The second kappa shape index (κ2) is 6.98. The Hall–Kier alpha value is -3.23. The average molecular weight is 427 g/mol. The summed E-state index contributed by atoms with van der Waals surface area (Å²) in [6, 6.07) is 6.50. The summed E-state index contributed by atoms with van der Waals surface area (Å²) in [5, 5.41) is 8.29. The van der Waals surface area contributed by atoms with Crippen LogP contribution >= 0.6 is 0 Å². The van der Waals surface area contributed by atoms with Gasteiger partial charge in [0.05, 0.1) is 16.9 Å². The molecule has 0 radical (unpaired) electrons. The summed E-state index contributed by atoms with van der Waals surface area (Å²) >= 11 is 0. The van der Waals surface area contributed by atoms with E-state index in [0.29, 0.717) is 16.8 Å². The Morgan fingerprint density at radius 3 is 2.24 bits per heavy atom. The lowest BCUT2D eigenvalue weighted by atomic mass is 10.1. The summed E-state index contributed by atoms with van der Waals surface area (Å²) in [5.41, 5.74) is -1.88. The maximum Gasteiger partial charge on any atom is 0.435 e. The quantitative estimate of drug-likeness (QED) is 0.514. The molecule has 11 heteroatoms. The topological polar surface area (TPSA) is 78.0 Å². The monoisotopic (exact) mass is 427 g/mol. The lowest BCUT2D eigenvalue weighted by Gasteiger charge is -2.10. The van der Waals surface area contributed by atoms with Crippen LogP contribution < -0.4 is 5.14 Å². The molecule has 29 heavy (non-hydrogen) atoms. The zero-order chi connectivity index (χ0) is 21.6. The molecule has 3 rings (SSSR count). The number of sulfonamides is 1. The molecule has 2 aromatic carbocycles. The van der Waals surface area contributed by atoms with E-state index in [0.717, 1.165) is 18.2 Å². The van der Waals surface area contributed by atoms with E-state index in [4.69, 9.17) is 11.6 Å². The molecule has 0 unspecified atom stereocenters. The molecule has 5 nitrogen and oxygen atoms in total. The second-order valence-corrected chi connectivity index (χ2v) is 7.35. The SMILES string of the molecule is C#Cc1ccc(-c2cc(C(F)(F)F)nn2-c2ccc(S(N)(=O)=O)c(F)c2)cc1F. The van der Waals surface area contributed by atoms with Crippen LogP contribution in [-0.2, 0) is 16.2 Å². The normalized spacial score (nSPS) is 12.0. The van der Waals surface area contributed by atoms with E-state index in [1.807, 2.05) is 0 Å². The van der Waals surface area contributed by atoms with Crippen LogP contribution in [0.2, 0.25) is 0 Å². The first-order valence-corrected chi connectivity index (χ1v) is 9.23. The number of nitrogens with zero attached hydrogens (tertiary/aromatic N) is 2. The molecular weight excluding hydrogens is 417 g/mol. The van der Waals surface area contributed by atoms with Gasteiger partial charge in [-0.1, -0.05) is 12.0 Å². The molecule has 0 spiro atoms. The van der Waals surface area contributed by atoms with Gasteiger partial charge in [-0.15, -0.1) is 6.42 Å². The molecule has 0 aliphatic rings. The van der Waals surface area contributed by atoms with Crippen molar-refractivity contribution in [2.75, 3.05) is 0 Å². The summed E-state index contributed by atoms with van der Waals surface area (Å²) in [6.45, 7) is 0. The summed E-state index contributed by atoms with van der Waals surface area (Å²) in [4.78, 5) is -0.838. The zero-order valence-corrected chi connectivity index (χ0v) is 15.0. The summed E-state index contributed by atoms with van der Waals surface area (Å²) < 4.78 is 91.1. The van der Waals surface area contributed by atoms with E-state index in [1.165, 1.54) is 12.1 Å². The lowest BCUT2D eigenvalue weighted by molar-refractivity contribution is -0.141. The van der Waals surface area contributed by atoms with Gasteiger partial charge < -0.3 is 0 Å². The Kier molecular flexibility index (Phi) is 4.94. The number of hydrogen-bond acceptors (Lipinski definition) is 3. The lowest BCUT2D eigenvalue weighted by Crippen LogP contribution is -2.14. The van der Waals surface area contributed by atoms with Crippen LogP contribution in [0.3, 0.4) is 0 Å². The third kappa shape index (κ3) is 3.98. The van der Waals surface area contributed by atoms with Gasteiger partial charge >= 0.3 is 6.18 Å². The fourth-order valence-electron chi connectivity index (χ4n) is 2.57. The number of aromatic nitrogens is 2. The molecule has 0 amide bonds. The second-order valence-electron chi connectivity index (χ2n) is 5.82. The molecule has 2 N–H and O–H groups in total. The molecule has 0 saturated carbocycles. The predicted octanol–water partition coefficient (Wildman–Crippen LogP) is 3.47.